The maximum absolute atomic E-state index is 12.2. The van der Waals surface area contributed by atoms with Crippen LogP contribution in [0.3, 0.4) is 0 Å². The summed E-state index contributed by atoms with van der Waals surface area (Å²) < 4.78 is 0. The van der Waals surface area contributed by atoms with E-state index >= 15 is 0 Å². The molecule has 0 aromatic heterocycles. The van der Waals surface area contributed by atoms with Gasteiger partial charge in [-0.2, -0.15) is 0 Å². The van der Waals surface area contributed by atoms with Crippen LogP contribution in [0.1, 0.15) is 18.4 Å². The minimum absolute atomic E-state index is 0.00850. The van der Waals surface area contributed by atoms with Gasteiger partial charge in [0.1, 0.15) is 0 Å². The molecule has 1 aromatic carbocycles. The Morgan fingerprint density at radius 3 is 2.71 bits per heavy atom. The van der Waals surface area contributed by atoms with Gasteiger partial charge in [-0.3, -0.25) is 9.59 Å². The van der Waals surface area contributed by atoms with Gasteiger partial charge in [0, 0.05) is 31.2 Å². The highest BCUT2D eigenvalue weighted by atomic mass is 35.5. The van der Waals surface area contributed by atoms with E-state index in [2.05, 4.69) is 5.32 Å². The van der Waals surface area contributed by atoms with Crippen LogP contribution in [-0.4, -0.2) is 36.9 Å². The second kappa shape index (κ2) is 7.27. The summed E-state index contributed by atoms with van der Waals surface area (Å²) in [5.41, 5.74) is 0.924. The number of nitrogens with one attached hydrogen (secondary N) is 1. The lowest BCUT2D eigenvalue weighted by molar-refractivity contribution is -0.131. The first-order valence-corrected chi connectivity index (χ1v) is 7.42. The zero-order chi connectivity index (χ0) is 15.2. The SMILES string of the molecule is CNC(=O)[C@@H]1CCCN(C(=O)/C=C/c2ccc(Cl)cc2)C1. The summed E-state index contributed by atoms with van der Waals surface area (Å²) in [6.45, 7) is 1.20. The summed E-state index contributed by atoms with van der Waals surface area (Å²) in [5.74, 6) is -0.149. The van der Waals surface area contributed by atoms with Crippen molar-refractivity contribution in [3.05, 3.63) is 40.9 Å². The fourth-order valence-corrected chi connectivity index (χ4v) is 2.57. The van der Waals surface area contributed by atoms with Gasteiger partial charge in [-0.15, -0.1) is 0 Å². The van der Waals surface area contributed by atoms with E-state index in [0.717, 1.165) is 18.4 Å². The van der Waals surface area contributed by atoms with Crippen molar-refractivity contribution >= 4 is 29.5 Å². The molecule has 4 nitrogen and oxygen atoms in total. The summed E-state index contributed by atoms with van der Waals surface area (Å²) >= 11 is 5.82. The molecule has 1 aliphatic rings. The Labute approximate surface area is 129 Å². The van der Waals surface area contributed by atoms with Crippen molar-refractivity contribution in [1.29, 1.82) is 0 Å². The third kappa shape index (κ3) is 4.33. The van der Waals surface area contributed by atoms with E-state index in [9.17, 15) is 9.59 Å². The molecule has 1 fully saturated rings. The van der Waals surface area contributed by atoms with Crippen molar-refractivity contribution < 1.29 is 9.59 Å². The van der Waals surface area contributed by atoms with Crippen molar-refractivity contribution in [2.75, 3.05) is 20.1 Å². The van der Waals surface area contributed by atoms with Crippen LogP contribution in [0.15, 0.2) is 30.3 Å². The molecule has 1 heterocycles. The predicted molar refractivity (Wildman–Crippen MR) is 83.9 cm³/mol. The van der Waals surface area contributed by atoms with Gasteiger partial charge in [-0.25, -0.2) is 0 Å². The fourth-order valence-electron chi connectivity index (χ4n) is 2.44. The number of hydrogen-bond acceptors (Lipinski definition) is 2. The molecule has 112 valence electrons. The topological polar surface area (TPSA) is 49.4 Å². The second-order valence-corrected chi connectivity index (χ2v) is 5.56. The largest absolute Gasteiger partial charge is 0.359 e. The first-order valence-electron chi connectivity index (χ1n) is 7.04. The number of nitrogens with zero attached hydrogens (tertiary/aromatic N) is 1. The number of hydrogen-bond donors (Lipinski definition) is 1. The van der Waals surface area contributed by atoms with E-state index in [1.54, 1.807) is 36.2 Å². The molecule has 0 aliphatic carbocycles. The molecule has 21 heavy (non-hydrogen) atoms. The van der Waals surface area contributed by atoms with Crippen LogP contribution in [0.4, 0.5) is 0 Å². The van der Waals surface area contributed by atoms with Crippen molar-refractivity contribution in [1.82, 2.24) is 10.2 Å². The lowest BCUT2D eigenvalue weighted by atomic mass is 9.97. The minimum Gasteiger partial charge on any atom is -0.359 e. The first kappa shape index (κ1) is 15.6. The molecule has 0 radical (unpaired) electrons. The van der Waals surface area contributed by atoms with Gasteiger partial charge in [0.05, 0.1) is 5.92 Å². The number of carbonyl (C=O) groups excluding carboxylic acids is 2. The van der Waals surface area contributed by atoms with E-state index in [1.807, 2.05) is 12.1 Å². The van der Waals surface area contributed by atoms with Gasteiger partial charge in [0.25, 0.3) is 0 Å². The normalized spacial score (nSPS) is 18.8. The lowest BCUT2D eigenvalue weighted by Gasteiger charge is -2.31. The highest BCUT2D eigenvalue weighted by Crippen LogP contribution is 2.17. The molecule has 1 aromatic rings. The smallest absolute Gasteiger partial charge is 0.246 e. The number of halogens is 1. The number of rotatable bonds is 3. The molecule has 0 saturated carbocycles. The van der Waals surface area contributed by atoms with Crippen molar-refractivity contribution in [3.63, 3.8) is 0 Å². The molecule has 0 bridgehead atoms. The fraction of sp³-hybridized carbons (Fsp3) is 0.375. The summed E-state index contributed by atoms with van der Waals surface area (Å²) in [5, 5.41) is 3.32. The molecular formula is C16H19ClN2O2. The number of benzene rings is 1. The number of likely N-dealkylation sites (tertiary alicyclic amines) is 1. The highest BCUT2D eigenvalue weighted by Gasteiger charge is 2.26. The molecule has 2 amide bonds. The van der Waals surface area contributed by atoms with Crippen LogP contribution in [0.25, 0.3) is 6.08 Å². The third-order valence-corrected chi connectivity index (χ3v) is 3.89. The van der Waals surface area contributed by atoms with Gasteiger partial charge < -0.3 is 10.2 Å². The molecular weight excluding hydrogens is 288 g/mol. The van der Waals surface area contributed by atoms with Crippen LogP contribution in [0, 0.1) is 5.92 Å². The molecule has 5 heteroatoms. The number of carbonyl (C=O) groups is 2. The monoisotopic (exact) mass is 306 g/mol. The quantitative estimate of drug-likeness (QED) is 0.871. The Bertz CT molecular complexity index is 540. The van der Waals surface area contributed by atoms with Crippen LogP contribution in [0.5, 0.6) is 0 Å². The summed E-state index contributed by atoms with van der Waals surface area (Å²) in [4.78, 5) is 25.6. The van der Waals surface area contributed by atoms with Crippen molar-refractivity contribution in [3.8, 4) is 0 Å². The predicted octanol–water partition coefficient (Wildman–Crippen LogP) is 2.34. The van der Waals surface area contributed by atoms with Crippen LogP contribution >= 0.6 is 11.6 Å². The summed E-state index contributed by atoms with van der Waals surface area (Å²) in [7, 11) is 1.63. The van der Waals surface area contributed by atoms with Gasteiger partial charge in [0.2, 0.25) is 11.8 Å². The van der Waals surface area contributed by atoms with E-state index in [4.69, 9.17) is 11.6 Å². The molecule has 1 aliphatic heterocycles. The second-order valence-electron chi connectivity index (χ2n) is 5.12. The Hall–Kier alpha value is -1.81. The minimum atomic E-state index is -0.100. The van der Waals surface area contributed by atoms with Crippen molar-refractivity contribution in [2.45, 2.75) is 12.8 Å². The zero-order valence-corrected chi connectivity index (χ0v) is 12.8. The van der Waals surface area contributed by atoms with Crippen LogP contribution in [-0.2, 0) is 9.59 Å². The Balaban J connectivity index is 1.96. The number of amides is 2. The van der Waals surface area contributed by atoms with Crippen LogP contribution < -0.4 is 5.32 Å². The van der Waals surface area contributed by atoms with E-state index in [0.29, 0.717) is 18.1 Å². The van der Waals surface area contributed by atoms with Gasteiger partial charge in [-0.05, 0) is 36.6 Å². The summed E-state index contributed by atoms with van der Waals surface area (Å²) in [6.07, 6.45) is 5.01. The van der Waals surface area contributed by atoms with E-state index in [1.165, 1.54) is 0 Å². The molecule has 0 unspecified atom stereocenters. The molecule has 0 spiro atoms. The average molecular weight is 307 g/mol. The third-order valence-electron chi connectivity index (χ3n) is 3.64. The van der Waals surface area contributed by atoms with Gasteiger partial charge in [-0.1, -0.05) is 23.7 Å². The van der Waals surface area contributed by atoms with Gasteiger partial charge in [0.15, 0.2) is 0 Å². The maximum Gasteiger partial charge on any atom is 0.246 e. The average Bonchev–Trinajstić information content (AvgIpc) is 2.53. The highest BCUT2D eigenvalue weighted by molar-refractivity contribution is 6.30. The number of piperidine rings is 1. The zero-order valence-electron chi connectivity index (χ0n) is 12.0. The standard InChI is InChI=1S/C16H19ClN2O2/c1-18-16(21)13-3-2-10-19(11-13)15(20)9-6-12-4-7-14(17)8-5-12/h4-9,13H,2-3,10-11H2,1H3,(H,18,21)/b9-6+/t13-/m1/s1. The molecule has 2 rings (SSSR count). The molecule has 1 saturated heterocycles. The van der Waals surface area contributed by atoms with E-state index in [-0.39, 0.29) is 17.7 Å². The molecule has 1 N–H and O–H groups in total. The van der Waals surface area contributed by atoms with Crippen LogP contribution in [0.2, 0.25) is 5.02 Å². The summed E-state index contributed by atoms with van der Waals surface area (Å²) in [6, 6.07) is 7.29. The Morgan fingerprint density at radius 2 is 2.05 bits per heavy atom. The van der Waals surface area contributed by atoms with Crippen molar-refractivity contribution in [2.24, 2.45) is 5.92 Å². The van der Waals surface area contributed by atoms with Gasteiger partial charge >= 0.3 is 0 Å². The Kier molecular flexibility index (Phi) is 5.39. The lowest BCUT2D eigenvalue weighted by Crippen LogP contribution is -2.44. The van der Waals surface area contributed by atoms with E-state index < -0.39 is 0 Å². The first-order chi connectivity index (χ1) is 10.1. The maximum atomic E-state index is 12.2. The Morgan fingerprint density at radius 1 is 1.33 bits per heavy atom. The molecule has 1 atom stereocenters.